The molecule has 1 aromatic carbocycles. The van der Waals surface area contributed by atoms with Crippen molar-refractivity contribution in [1.82, 2.24) is 5.32 Å². The summed E-state index contributed by atoms with van der Waals surface area (Å²) in [5, 5.41) is 3.78. The molecule has 0 aliphatic rings. The van der Waals surface area contributed by atoms with Crippen LogP contribution in [0.2, 0.25) is 0 Å². The van der Waals surface area contributed by atoms with Crippen LogP contribution in [-0.2, 0) is 0 Å². The third kappa shape index (κ3) is 4.09. The number of aryl methyl sites for hydroxylation is 1. The van der Waals surface area contributed by atoms with E-state index in [-0.39, 0.29) is 17.8 Å². The molecule has 1 rings (SSSR count). The molecule has 0 radical (unpaired) electrons. The van der Waals surface area contributed by atoms with E-state index in [1.807, 2.05) is 0 Å². The minimum atomic E-state index is -0.343. The van der Waals surface area contributed by atoms with Gasteiger partial charge in [-0.1, -0.05) is 35.8 Å². The molecule has 1 N–H and O–H groups in total. The molecule has 100 valence electrons. The van der Waals surface area contributed by atoms with Crippen molar-refractivity contribution in [3.05, 3.63) is 35.1 Å². The minimum absolute atomic E-state index is 0.0984. The Morgan fingerprint density at radius 2 is 2.11 bits per heavy atom. The Morgan fingerprint density at radius 3 is 2.61 bits per heavy atom. The lowest BCUT2D eigenvalue weighted by Gasteiger charge is -2.21. The number of carbonyl (C=O) groups excluding carboxylic acids is 1. The predicted octanol–water partition coefficient (Wildman–Crippen LogP) is 3.67. The predicted molar refractivity (Wildman–Crippen MR) is 75.6 cm³/mol. The molecule has 0 spiro atoms. The molecule has 0 aliphatic carbocycles. The van der Waals surface area contributed by atoms with Gasteiger partial charge in [0.1, 0.15) is 5.82 Å². The third-order valence-corrected chi connectivity index (χ3v) is 3.43. The second-order valence-electron chi connectivity index (χ2n) is 4.77. The van der Waals surface area contributed by atoms with Gasteiger partial charge in [0.25, 0.3) is 5.91 Å². The molecule has 1 aromatic rings. The minimum Gasteiger partial charge on any atom is -0.349 e. The Hall–Kier alpha value is -0.900. The summed E-state index contributed by atoms with van der Waals surface area (Å²) in [6.07, 6.45) is 0.859. The van der Waals surface area contributed by atoms with Gasteiger partial charge in [0.05, 0.1) is 0 Å². The number of alkyl halides is 1. The average Bonchev–Trinajstić information content (AvgIpc) is 2.31. The zero-order valence-electron chi connectivity index (χ0n) is 11.0. The summed E-state index contributed by atoms with van der Waals surface area (Å²) in [6, 6.07) is 4.66. The van der Waals surface area contributed by atoms with Crippen molar-refractivity contribution in [3.63, 3.8) is 0 Å². The lowest BCUT2D eigenvalue weighted by molar-refractivity contribution is 0.0924. The standard InChI is InChI=1S/C14H19BrFNO/c1-9(2)13(6-7-15)17-14(18)11-5-4-10(3)12(16)8-11/h4-5,8-9,13H,6-7H2,1-3H3,(H,17,18). The van der Waals surface area contributed by atoms with Gasteiger partial charge in [-0.2, -0.15) is 0 Å². The highest BCUT2D eigenvalue weighted by atomic mass is 79.9. The van der Waals surface area contributed by atoms with Gasteiger partial charge >= 0.3 is 0 Å². The van der Waals surface area contributed by atoms with E-state index >= 15 is 0 Å². The van der Waals surface area contributed by atoms with Crippen molar-refractivity contribution in [2.24, 2.45) is 5.92 Å². The van der Waals surface area contributed by atoms with Crippen molar-refractivity contribution in [2.45, 2.75) is 33.2 Å². The summed E-state index contributed by atoms with van der Waals surface area (Å²) < 4.78 is 13.4. The maximum atomic E-state index is 13.4. The van der Waals surface area contributed by atoms with Crippen LogP contribution in [-0.4, -0.2) is 17.3 Å². The Kier molecular flexibility index (Phi) is 5.79. The number of hydrogen-bond acceptors (Lipinski definition) is 1. The Balaban J connectivity index is 2.77. The van der Waals surface area contributed by atoms with Crippen LogP contribution < -0.4 is 5.32 Å². The smallest absolute Gasteiger partial charge is 0.251 e. The average molecular weight is 316 g/mol. The van der Waals surface area contributed by atoms with Crippen molar-refractivity contribution in [2.75, 3.05) is 5.33 Å². The first-order valence-corrected chi connectivity index (χ1v) is 7.20. The van der Waals surface area contributed by atoms with Crippen LogP contribution in [0.5, 0.6) is 0 Å². The SMILES string of the molecule is Cc1ccc(C(=O)NC(CCBr)C(C)C)cc1F. The summed E-state index contributed by atoms with van der Waals surface area (Å²) in [4.78, 5) is 12.0. The van der Waals surface area contributed by atoms with Gasteiger partial charge in [0.2, 0.25) is 0 Å². The Morgan fingerprint density at radius 1 is 1.44 bits per heavy atom. The van der Waals surface area contributed by atoms with E-state index in [0.29, 0.717) is 17.0 Å². The summed E-state index contributed by atoms with van der Waals surface area (Å²) >= 11 is 3.37. The third-order valence-electron chi connectivity index (χ3n) is 2.98. The first-order chi connectivity index (χ1) is 8.45. The van der Waals surface area contributed by atoms with E-state index in [0.717, 1.165) is 11.8 Å². The van der Waals surface area contributed by atoms with Gasteiger partial charge in [0.15, 0.2) is 0 Å². The van der Waals surface area contributed by atoms with Gasteiger partial charge in [-0.3, -0.25) is 4.79 Å². The van der Waals surface area contributed by atoms with Crippen molar-refractivity contribution in [3.8, 4) is 0 Å². The van der Waals surface area contributed by atoms with Crippen LogP contribution in [0.1, 0.15) is 36.2 Å². The Labute approximate surface area is 116 Å². The quantitative estimate of drug-likeness (QED) is 0.825. The first kappa shape index (κ1) is 15.2. The number of amides is 1. The highest BCUT2D eigenvalue weighted by Crippen LogP contribution is 2.12. The number of carbonyl (C=O) groups is 1. The molecule has 0 saturated heterocycles. The van der Waals surface area contributed by atoms with Crippen LogP contribution in [0.15, 0.2) is 18.2 Å². The highest BCUT2D eigenvalue weighted by molar-refractivity contribution is 9.09. The van der Waals surface area contributed by atoms with Gasteiger partial charge in [-0.15, -0.1) is 0 Å². The maximum absolute atomic E-state index is 13.4. The molecular formula is C14H19BrFNO. The fourth-order valence-corrected chi connectivity index (χ4v) is 2.17. The fraction of sp³-hybridized carbons (Fsp3) is 0.500. The van der Waals surface area contributed by atoms with E-state index in [9.17, 15) is 9.18 Å². The molecule has 1 amide bonds. The van der Waals surface area contributed by atoms with E-state index in [1.165, 1.54) is 6.07 Å². The summed E-state index contributed by atoms with van der Waals surface area (Å²) in [6.45, 7) is 5.80. The second kappa shape index (κ2) is 6.88. The molecule has 0 bridgehead atoms. The normalized spacial score (nSPS) is 12.6. The number of nitrogens with one attached hydrogen (secondary N) is 1. The van der Waals surface area contributed by atoms with E-state index in [4.69, 9.17) is 0 Å². The Bertz CT molecular complexity index is 420. The van der Waals surface area contributed by atoms with Crippen LogP contribution in [0.4, 0.5) is 4.39 Å². The molecule has 2 nitrogen and oxygen atoms in total. The topological polar surface area (TPSA) is 29.1 Å². The first-order valence-electron chi connectivity index (χ1n) is 6.08. The molecule has 0 fully saturated rings. The fourth-order valence-electron chi connectivity index (χ4n) is 1.68. The lowest BCUT2D eigenvalue weighted by atomic mass is 10.0. The van der Waals surface area contributed by atoms with Crippen molar-refractivity contribution >= 4 is 21.8 Å². The zero-order chi connectivity index (χ0) is 13.7. The van der Waals surface area contributed by atoms with Gasteiger partial charge in [-0.05, 0) is 37.0 Å². The molecule has 1 atom stereocenters. The molecule has 4 heteroatoms. The van der Waals surface area contributed by atoms with Gasteiger partial charge < -0.3 is 5.32 Å². The molecule has 1 unspecified atom stereocenters. The van der Waals surface area contributed by atoms with Crippen molar-refractivity contribution < 1.29 is 9.18 Å². The lowest BCUT2D eigenvalue weighted by Crippen LogP contribution is -2.38. The number of benzene rings is 1. The summed E-state index contributed by atoms with van der Waals surface area (Å²) in [7, 11) is 0. The van der Waals surface area contributed by atoms with Crippen LogP contribution in [0.3, 0.4) is 0 Å². The largest absolute Gasteiger partial charge is 0.349 e. The van der Waals surface area contributed by atoms with E-state index in [1.54, 1.807) is 19.1 Å². The van der Waals surface area contributed by atoms with Crippen LogP contribution >= 0.6 is 15.9 Å². The number of halogens is 2. The van der Waals surface area contributed by atoms with Crippen molar-refractivity contribution in [1.29, 1.82) is 0 Å². The molecule has 0 heterocycles. The summed E-state index contributed by atoms with van der Waals surface area (Å²) in [5.41, 5.74) is 0.922. The number of rotatable bonds is 5. The summed E-state index contributed by atoms with van der Waals surface area (Å²) in [5.74, 6) is -0.209. The highest BCUT2D eigenvalue weighted by Gasteiger charge is 2.17. The zero-order valence-corrected chi connectivity index (χ0v) is 12.6. The van der Waals surface area contributed by atoms with Gasteiger partial charge in [0, 0.05) is 16.9 Å². The van der Waals surface area contributed by atoms with Crippen LogP contribution in [0.25, 0.3) is 0 Å². The molecular weight excluding hydrogens is 297 g/mol. The monoisotopic (exact) mass is 315 g/mol. The molecule has 0 saturated carbocycles. The van der Waals surface area contributed by atoms with Crippen LogP contribution in [0, 0.1) is 18.7 Å². The second-order valence-corrected chi connectivity index (χ2v) is 5.56. The molecule has 0 aliphatic heterocycles. The molecule has 18 heavy (non-hydrogen) atoms. The number of hydrogen-bond donors (Lipinski definition) is 1. The van der Waals surface area contributed by atoms with E-state index < -0.39 is 0 Å². The maximum Gasteiger partial charge on any atom is 0.251 e. The van der Waals surface area contributed by atoms with E-state index in [2.05, 4.69) is 35.1 Å². The molecule has 0 aromatic heterocycles. The van der Waals surface area contributed by atoms with Gasteiger partial charge in [-0.25, -0.2) is 4.39 Å².